The van der Waals surface area contributed by atoms with E-state index in [4.69, 9.17) is 4.74 Å². The molecule has 0 saturated carbocycles. The van der Waals surface area contributed by atoms with Gasteiger partial charge in [-0.3, -0.25) is 0 Å². The van der Waals surface area contributed by atoms with E-state index in [9.17, 15) is 10.1 Å². The van der Waals surface area contributed by atoms with Crippen LogP contribution in [0, 0.1) is 11.3 Å². The van der Waals surface area contributed by atoms with Gasteiger partial charge in [0.15, 0.2) is 0 Å². The maximum atomic E-state index is 12.1. The number of ether oxygens (including phenoxy) is 1. The van der Waals surface area contributed by atoms with Gasteiger partial charge in [-0.15, -0.1) is 0 Å². The molecule has 1 fully saturated rings. The van der Waals surface area contributed by atoms with E-state index in [1.807, 2.05) is 30.0 Å². The molecule has 20 heavy (non-hydrogen) atoms. The predicted molar refractivity (Wildman–Crippen MR) is 80.5 cm³/mol. The molecule has 0 aromatic heterocycles. The van der Waals surface area contributed by atoms with E-state index >= 15 is 0 Å². The molecule has 1 aromatic rings. The number of anilines is 1. The van der Waals surface area contributed by atoms with Crippen molar-refractivity contribution in [1.82, 2.24) is 0 Å². The van der Waals surface area contributed by atoms with Crippen LogP contribution in [-0.4, -0.2) is 25.2 Å². The molecule has 1 heterocycles. The van der Waals surface area contributed by atoms with Crippen LogP contribution in [0.1, 0.15) is 31.7 Å². The maximum absolute atomic E-state index is 12.1. The first kappa shape index (κ1) is 14.9. The van der Waals surface area contributed by atoms with Gasteiger partial charge in [-0.25, -0.2) is 4.79 Å². The molecule has 2 rings (SSSR count). The molecule has 106 valence electrons. The third kappa shape index (κ3) is 2.96. The second-order valence-corrected chi connectivity index (χ2v) is 5.56. The molecule has 0 bridgehead atoms. The van der Waals surface area contributed by atoms with Crippen LogP contribution < -0.4 is 4.90 Å². The zero-order chi connectivity index (χ0) is 14.5. The minimum atomic E-state index is -0.287. The molecule has 1 aromatic carbocycles. The Bertz CT molecular complexity index is 539. The number of hydrogen-bond donors (Lipinski definition) is 0. The number of benzene rings is 1. The van der Waals surface area contributed by atoms with Crippen molar-refractivity contribution in [3.63, 3.8) is 0 Å². The Hall–Kier alpha value is -1.54. The normalized spacial score (nSPS) is 18.4. The molecular weight excluding hydrogens is 320 g/mol. The lowest BCUT2D eigenvalue weighted by Crippen LogP contribution is -2.46. The van der Waals surface area contributed by atoms with Crippen LogP contribution in [0.15, 0.2) is 22.7 Å². The van der Waals surface area contributed by atoms with E-state index in [0.717, 1.165) is 36.0 Å². The van der Waals surface area contributed by atoms with Gasteiger partial charge >= 0.3 is 5.97 Å². The summed E-state index contributed by atoms with van der Waals surface area (Å²) in [7, 11) is 0. The molecule has 1 aliphatic rings. The topological polar surface area (TPSA) is 53.3 Å². The van der Waals surface area contributed by atoms with Gasteiger partial charge in [-0.2, -0.15) is 5.26 Å². The second kappa shape index (κ2) is 6.76. The third-order valence-electron chi connectivity index (χ3n) is 3.47. The van der Waals surface area contributed by atoms with E-state index in [2.05, 4.69) is 22.0 Å². The highest BCUT2D eigenvalue weighted by Gasteiger charge is 2.31. The predicted octanol–water partition coefficient (Wildman–Crippen LogP) is 3.24. The summed E-state index contributed by atoms with van der Waals surface area (Å²) in [5, 5.41) is 9.34. The van der Waals surface area contributed by atoms with Crippen LogP contribution in [-0.2, 0) is 9.53 Å². The molecule has 0 N–H and O–H groups in total. The molecule has 1 aliphatic heterocycles. The molecule has 0 radical (unpaired) electrons. The van der Waals surface area contributed by atoms with E-state index in [0.29, 0.717) is 12.2 Å². The van der Waals surface area contributed by atoms with Gasteiger partial charge in [-0.05, 0) is 54.2 Å². The van der Waals surface area contributed by atoms with Crippen LogP contribution >= 0.6 is 15.9 Å². The van der Waals surface area contributed by atoms with E-state index in [1.54, 1.807) is 0 Å². The Morgan fingerprint density at radius 2 is 2.35 bits per heavy atom. The number of piperidine rings is 1. The van der Waals surface area contributed by atoms with Crippen molar-refractivity contribution in [2.45, 2.75) is 32.2 Å². The Kier molecular flexibility index (Phi) is 5.02. The highest BCUT2D eigenvalue weighted by molar-refractivity contribution is 9.10. The molecule has 4 nitrogen and oxygen atoms in total. The number of carbonyl (C=O) groups excluding carboxylic acids is 1. The lowest BCUT2D eigenvalue weighted by Gasteiger charge is -2.36. The zero-order valence-corrected chi connectivity index (χ0v) is 13.0. The zero-order valence-electron chi connectivity index (χ0n) is 11.4. The van der Waals surface area contributed by atoms with Crippen LogP contribution in [0.3, 0.4) is 0 Å². The van der Waals surface area contributed by atoms with Crippen molar-refractivity contribution >= 4 is 27.6 Å². The lowest BCUT2D eigenvalue weighted by molar-refractivity contribution is -0.145. The number of hydrogen-bond acceptors (Lipinski definition) is 4. The maximum Gasteiger partial charge on any atom is 0.328 e. The van der Waals surface area contributed by atoms with E-state index < -0.39 is 0 Å². The average Bonchev–Trinajstić information content (AvgIpc) is 2.47. The van der Waals surface area contributed by atoms with Crippen LogP contribution in [0.25, 0.3) is 0 Å². The van der Waals surface area contributed by atoms with Gasteiger partial charge in [-0.1, -0.05) is 6.07 Å². The summed E-state index contributed by atoms with van der Waals surface area (Å²) in [5.74, 6) is -0.198. The smallest absolute Gasteiger partial charge is 0.328 e. The number of carbonyl (C=O) groups is 1. The van der Waals surface area contributed by atoms with Crippen LogP contribution in [0.4, 0.5) is 5.69 Å². The summed E-state index contributed by atoms with van der Waals surface area (Å²) in [5.41, 5.74) is 1.38. The summed E-state index contributed by atoms with van der Waals surface area (Å²) in [6.45, 7) is 2.96. The van der Waals surface area contributed by atoms with Gasteiger partial charge in [0.1, 0.15) is 12.1 Å². The molecular formula is C15H17BrN2O2. The monoisotopic (exact) mass is 336 g/mol. The highest BCUT2D eigenvalue weighted by atomic mass is 79.9. The van der Waals surface area contributed by atoms with Crippen LogP contribution in [0.5, 0.6) is 0 Å². The SMILES string of the molecule is CCOC(=O)C1CCCCN1c1cccc(Br)c1C#N. The second-order valence-electron chi connectivity index (χ2n) is 4.70. The minimum absolute atomic E-state index is 0.198. The van der Waals surface area contributed by atoms with Crippen molar-refractivity contribution in [1.29, 1.82) is 5.26 Å². The van der Waals surface area contributed by atoms with Gasteiger partial charge in [0.2, 0.25) is 0 Å². The van der Waals surface area contributed by atoms with Crippen molar-refractivity contribution in [2.75, 3.05) is 18.1 Å². The molecule has 0 aliphatic carbocycles. The van der Waals surface area contributed by atoms with Crippen molar-refractivity contribution < 1.29 is 9.53 Å². The van der Waals surface area contributed by atoms with Crippen LogP contribution in [0.2, 0.25) is 0 Å². The number of nitriles is 1. The standard InChI is InChI=1S/C15H17BrN2O2/c1-2-20-15(19)14-7-3-4-9-18(14)13-8-5-6-12(16)11(13)10-17/h5-6,8,14H,2-4,7,9H2,1H3. The van der Waals surface area contributed by atoms with E-state index in [1.165, 1.54) is 0 Å². The fourth-order valence-corrected chi connectivity index (χ4v) is 3.01. The first-order valence-electron chi connectivity index (χ1n) is 6.81. The molecule has 1 saturated heterocycles. The Morgan fingerprint density at radius 1 is 1.55 bits per heavy atom. The number of esters is 1. The lowest BCUT2D eigenvalue weighted by atomic mass is 10.00. The van der Waals surface area contributed by atoms with E-state index in [-0.39, 0.29) is 12.0 Å². The molecule has 5 heteroatoms. The summed E-state index contributed by atoms with van der Waals surface area (Å²) in [6.07, 6.45) is 2.80. The summed E-state index contributed by atoms with van der Waals surface area (Å²) >= 11 is 3.40. The highest BCUT2D eigenvalue weighted by Crippen LogP contribution is 2.32. The third-order valence-corrected chi connectivity index (χ3v) is 4.14. The largest absolute Gasteiger partial charge is 0.464 e. The Labute approximate surface area is 127 Å². The number of halogens is 1. The number of rotatable bonds is 3. The fourth-order valence-electron chi connectivity index (χ4n) is 2.57. The Morgan fingerprint density at radius 3 is 3.05 bits per heavy atom. The van der Waals surface area contributed by atoms with Crippen molar-refractivity contribution in [3.05, 3.63) is 28.2 Å². The minimum Gasteiger partial charge on any atom is -0.464 e. The molecule has 1 unspecified atom stereocenters. The number of nitrogens with zero attached hydrogens (tertiary/aromatic N) is 2. The first-order valence-corrected chi connectivity index (χ1v) is 7.60. The summed E-state index contributed by atoms with van der Waals surface area (Å²) in [4.78, 5) is 14.1. The van der Waals surface area contributed by atoms with Crippen molar-refractivity contribution in [3.8, 4) is 6.07 Å². The van der Waals surface area contributed by atoms with Gasteiger partial charge in [0, 0.05) is 11.0 Å². The summed E-state index contributed by atoms with van der Waals surface area (Å²) in [6, 6.07) is 7.54. The van der Waals surface area contributed by atoms with Crippen molar-refractivity contribution in [2.24, 2.45) is 0 Å². The molecule has 1 atom stereocenters. The first-order chi connectivity index (χ1) is 9.69. The summed E-state index contributed by atoms with van der Waals surface area (Å²) < 4.78 is 5.92. The molecule has 0 amide bonds. The fraction of sp³-hybridized carbons (Fsp3) is 0.467. The average molecular weight is 337 g/mol. The Balaban J connectivity index is 2.36. The van der Waals surface area contributed by atoms with Gasteiger partial charge in [0.25, 0.3) is 0 Å². The quantitative estimate of drug-likeness (QED) is 0.795. The van der Waals surface area contributed by atoms with Gasteiger partial charge in [0.05, 0.1) is 17.9 Å². The van der Waals surface area contributed by atoms with Gasteiger partial charge < -0.3 is 9.64 Å². The molecule has 0 spiro atoms.